The first-order valence-corrected chi connectivity index (χ1v) is 8.77. The zero-order chi connectivity index (χ0) is 14.7. The average Bonchev–Trinajstić information content (AvgIpc) is 3.19. The zero-order valence-corrected chi connectivity index (χ0v) is 13.5. The van der Waals surface area contributed by atoms with Gasteiger partial charge < -0.3 is 11.1 Å². The summed E-state index contributed by atoms with van der Waals surface area (Å²) in [5, 5.41) is 6.58. The Kier molecular flexibility index (Phi) is 4.75. The zero-order valence-electron chi connectivity index (χ0n) is 12.7. The van der Waals surface area contributed by atoms with E-state index in [1.165, 1.54) is 31.4 Å². The number of guanidine groups is 1. The largest absolute Gasteiger partial charge is 0.370 e. The molecule has 1 aromatic heterocycles. The van der Waals surface area contributed by atoms with Gasteiger partial charge in [0, 0.05) is 24.5 Å². The number of nitrogens with two attached hydrogens (primary N) is 1. The van der Waals surface area contributed by atoms with Gasteiger partial charge in [-0.3, -0.25) is 9.89 Å². The van der Waals surface area contributed by atoms with E-state index in [-0.39, 0.29) is 0 Å². The van der Waals surface area contributed by atoms with Crippen LogP contribution < -0.4 is 11.1 Å². The molecule has 0 unspecified atom stereocenters. The molecule has 0 radical (unpaired) electrons. The van der Waals surface area contributed by atoms with Crippen LogP contribution in [-0.4, -0.2) is 41.5 Å². The van der Waals surface area contributed by atoms with Crippen LogP contribution in [0.2, 0.25) is 0 Å². The summed E-state index contributed by atoms with van der Waals surface area (Å²) in [7, 11) is 0. The van der Waals surface area contributed by atoms with E-state index in [0.29, 0.717) is 17.9 Å². The van der Waals surface area contributed by atoms with Crippen molar-refractivity contribution in [2.45, 2.75) is 45.2 Å². The summed E-state index contributed by atoms with van der Waals surface area (Å²) in [5.74, 6) is 1.32. The molecule has 6 heteroatoms. The highest BCUT2D eigenvalue weighted by molar-refractivity contribution is 7.09. The Morgan fingerprint density at radius 2 is 2.19 bits per heavy atom. The summed E-state index contributed by atoms with van der Waals surface area (Å²) in [6.45, 7) is 6.22. The number of aromatic nitrogens is 1. The first kappa shape index (κ1) is 14.8. The Morgan fingerprint density at radius 1 is 1.43 bits per heavy atom. The molecular weight excluding hydrogens is 282 g/mol. The fourth-order valence-electron chi connectivity index (χ4n) is 2.75. The standard InChI is InChI=1S/C15H25N5S/c1-11-18-14(10-21-11)9-20-6-4-12(5-7-20)8-17-15(16)19-13-2-3-13/h10,12-13H,2-9H2,1H3,(H3,16,17,19). The van der Waals surface area contributed by atoms with Crippen LogP contribution in [0.4, 0.5) is 0 Å². The van der Waals surface area contributed by atoms with Crippen molar-refractivity contribution in [3.63, 3.8) is 0 Å². The van der Waals surface area contributed by atoms with Crippen LogP contribution in [0.25, 0.3) is 0 Å². The summed E-state index contributed by atoms with van der Waals surface area (Å²) < 4.78 is 0. The van der Waals surface area contributed by atoms with Crippen LogP contribution >= 0.6 is 11.3 Å². The predicted octanol–water partition coefficient (Wildman–Crippen LogP) is 1.73. The Labute approximate surface area is 130 Å². The molecule has 2 fully saturated rings. The minimum atomic E-state index is 0.595. The molecule has 1 aliphatic carbocycles. The lowest BCUT2D eigenvalue weighted by Gasteiger charge is -2.30. The predicted molar refractivity (Wildman–Crippen MR) is 87.5 cm³/mol. The third-order valence-corrected chi connectivity index (χ3v) is 5.03. The van der Waals surface area contributed by atoms with E-state index in [2.05, 4.69) is 32.5 Å². The van der Waals surface area contributed by atoms with E-state index in [1.807, 2.05) is 0 Å². The maximum Gasteiger partial charge on any atom is 0.188 e. The van der Waals surface area contributed by atoms with Crippen LogP contribution in [0.3, 0.4) is 0 Å². The molecule has 0 amide bonds. The number of piperidine rings is 1. The number of likely N-dealkylation sites (tertiary alicyclic amines) is 1. The highest BCUT2D eigenvalue weighted by atomic mass is 32.1. The minimum absolute atomic E-state index is 0.595. The topological polar surface area (TPSA) is 66.5 Å². The summed E-state index contributed by atoms with van der Waals surface area (Å²) >= 11 is 1.74. The van der Waals surface area contributed by atoms with Gasteiger partial charge in [-0.25, -0.2) is 4.98 Å². The third-order valence-electron chi connectivity index (χ3n) is 4.21. The maximum absolute atomic E-state index is 5.88. The van der Waals surface area contributed by atoms with Crippen molar-refractivity contribution in [2.24, 2.45) is 16.6 Å². The van der Waals surface area contributed by atoms with Gasteiger partial charge in [0.2, 0.25) is 0 Å². The van der Waals surface area contributed by atoms with Gasteiger partial charge in [0.25, 0.3) is 0 Å². The molecule has 1 saturated heterocycles. The Bertz CT molecular complexity index is 486. The Balaban J connectivity index is 1.38. The minimum Gasteiger partial charge on any atom is -0.370 e. The first-order chi connectivity index (χ1) is 10.2. The molecule has 0 spiro atoms. The molecule has 0 aromatic carbocycles. The van der Waals surface area contributed by atoms with Gasteiger partial charge in [0.05, 0.1) is 10.7 Å². The van der Waals surface area contributed by atoms with Gasteiger partial charge in [-0.15, -0.1) is 11.3 Å². The molecular formula is C15H25N5S. The van der Waals surface area contributed by atoms with Gasteiger partial charge in [0.1, 0.15) is 0 Å². The van der Waals surface area contributed by atoms with E-state index < -0.39 is 0 Å². The summed E-state index contributed by atoms with van der Waals surface area (Å²) in [5.41, 5.74) is 7.10. The fourth-order valence-corrected chi connectivity index (χ4v) is 3.35. The number of nitrogens with zero attached hydrogens (tertiary/aromatic N) is 3. The van der Waals surface area contributed by atoms with Gasteiger partial charge >= 0.3 is 0 Å². The van der Waals surface area contributed by atoms with Gasteiger partial charge in [-0.2, -0.15) is 0 Å². The van der Waals surface area contributed by atoms with E-state index in [0.717, 1.165) is 31.2 Å². The molecule has 2 aliphatic rings. The van der Waals surface area contributed by atoms with Crippen molar-refractivity contribution < 1.29 is 0 Å². The molecule has 5 nitrogen and oxygen atoms in total. The van der Waals surface area contributed by atoms with Crippen molar-refractivity contribution in [3.8, 4) is 0 Å². The maximum atomic E-state index is 5.88. The summed E-state index contributed by atoms with van der Waals surface area (Å²) in [6.07, 6.45) is 4.90. The second-order valence-electron chi connectivity index (χ2n) is 6.22. The number of hydrogen-bond donors (Lipinski definition) is 2. The molecule has 116 valence electrons. The van der Waals surface area contributed by atoms with Crippen molar-refractivity contribution >= 4 is 17.3 Å². The van der Waals surface area contributed by atoms with E-state index >= 15 is 0 Å². The number of aliphatic imine (C=N–C) groups is 1. The normalized spacial score (nSPS) is 21.7. The second kappa shape index (κ2) is 6.75. The third kappa shape index (κ3) is 4.68. The number of aryl methyl sites for hydroxylation is 1. The number of rotatable bonds is 5. The summed E-state index contributed by atoms with van der Waals surface area (Å²) in [6, 6.07) is 0.595. The second-order valence-corrected chi connectivity index (χ2v) is 7.28. The lowest BCUT2D eigenvalue weighted by atomic mass is 9.97. The molecule has 1 aromatic rings. The van der Waals surface area contributed by atoms with Crippen molar-refractivity contribution in [1.82, 2.24) is 15.2 Å². The highest BCUT2D eigenvalue weighted by Crippen LogP contribution is 2.20. The average molecular weight is 307 g/mol. The molecule has 1 aliphatic heterocycles. The lowest BCUT2D eigenvalue weighted by Crippen LogP contribution is -2.36. The molecule has 0 bridgehead atoms. The van der Waals surface area contributed by atoms with Crippen LogP contribution in [-0.2, 0) is 6.54 Å². The van der Waals surface area contributed by atoms with E-state index in [1.54, 1.807) is 11.3 Å². The van der Waals surface area contributed by atoms with Gasteiger partial charge in [-0.05, 0) is 51.6 Å². The van der Waals surface area contributed by atoms with Crippen LogP contribution in [0, 0.1) is 12.8 Å². The van der Waals surface area contributed by atoms with Gasteiger partial charge in [0.15, 0.2) is 5.96 Å². The van der Waals surface area contributed by atoms with E-state index in [4.69, 9.17) is 5.73 Å². The smallest absolute Gasteiger partial charge is 0.188 e. The van der Waals surface area contributed by atoms with Crippen molar-refractivity contribution in [1.29, 1.82) is 0 Å². The Morgan fingerprint density at radius 3 is 2.81 bits per heavy atom. The molecule has 3 N–H and O–H groups in total. The quantitative estimate of drug-likeness (QED) is 0.642. The monoisotopic (exact) mass is 307 g/mol. The number of nitrogens with one attached hydrogen (secondary N) is 1. The lowest BCUT2D eigenvalue weighted by molar-refractivity contribution is 0.179. The van der Waals surface area contributed by atoms with Gasteiger partial charge in [-0.1, -0.05) is 0 Å². The number of thiazole rings is 1. The first-order valence-electron chi connectivity index (χ1n) is 7.89. The molecule has 2 heterocycles. The Hall–Kier alpha value is -1.14. The molecule has 1 saturated carbocycles. The number of hydrogen-bond acceptors (Lipinski definition) is 4. The molecule has 0 atom stereocenters. The molecule has 21 heavy (non-hydrogen) atoms. The van der Waals surface area contributed by atoms with Crippen LogP contribution in [0.1, 0.15) is 36.4 Å². The SMILES string of the molecule is Cc1nc(CN2CCC(CN=C(N)NC3CC3)CC2)cs1. The van der Waals surface area contributed by atoms with Crippen LogP contribution in [0.5, 0.6) is 0 Å². The summed E-state index contributed by atoms with van der Waals surface area (Å²) in [4.78, 5) is 11.5. The van der Waals surface area contributed by atoms with Crippen molar-refractivity contribution in [3.05, 3.63) is 16.1 Å². The van der Waals surface area contributed by atoms with E-state index in [9.17, 15) is 0 Å². The van der Waals surface area contributed by atoms with Crippen LogP contribution in [0.15, 0.2) is 10.4 Å². The molecule has 3 rings (SSSR count). The fraction of sp³-hybridized carbons (Fsp3) is 0.733. The van der Waals surface area contributed by atoms with Crippen molar-refractivity contribution in [2.75, 3.05) is 19.6 Å². The highest BCUT2D eigenvalue weighted by Gasteiger charge is 2.22.